The van der Waals surface area contributed by atoms with E-state index in [1.54, 1.807) is 37.5 Å². The monoisotopic (exact) mass is 332 g/mol. The zero-order valence-corrected chi connectivity index (χ0v) is 14.5. The van der Waals surface area contributed by atoms with Gasteiger partial charge in [0, 0.05) is 0 Å². The lowest BCUT2D eigenvalue weighted by Crippen LogP contribution is -2.42. The van der Waals surface area contributed by atoms with Crippen LogP contribution in [0.25, 0.3) is 0 Å². The first-order chi connectivity index (χ1) is 11.5. The number of hydrogen-bond donors (Lipinski definition) is 1. The third-order valence-electron chi connectivity index (χ3n) is 3.79. The van der Waals surface area contributed by atoms with E-state index in [0.29, 0.717) is 18.0 Å². The summed E-state index contributed by atoms with van der Waals surface area (Å²) < 4.78 is 10.5. The van der Waals surface area contributed by atoms with Crippen LogP contribution < -0.4 is 14.8 Å². The van der Waals surface area contributed by atoms with Crippen LogP contribution in [-0.4, -0.2) is 41.2 Å². The maximum atomic E-state index is 12.4. The summed E-state index contributed by atoms with van der Waals surface area (Å²) in [5.41, 5.74) is 0.866. The van der Waals surface area contributed by atoms with E-state index in [1.807, 2.05) is 12.1 Å². The fourth-order valence-corrected chi connectivity index (χ4v) is 2.37. The minimum atomic E-state index is -0.0481. The number of amides is 1. The minimum absolute atomic E-state index is 0.0370. The Kier molecular flexibility index (Phi) is 6.17. The molecule has 24 heavy (non-hydrogen) atoms. The lowest BCUT2D eigenvalue weighted by Gasteiger charge is -2.22. The van der Waals surface area contributed by atoms with Gasteiger partial charge in [-0.25, -0.2) is 0 Å². The van der Waals surface area contributed by atoms with Crippen molar-refractivity contribution in [2.75, 3.05) is 14.2 Å². The first kappa shape index (κ1) is 17.8. The van der Waals surface area contributed by atoms with Gasteiger partial charge in [-0.15, -0.1) is 0 Å². The number of ether oxygens (including phenoxy) is 2. The molecule has 0 radical (unpaired) electrons. The zero-order chi connectivity index (χ0) is 17.5. The number of nitrogens with one attached hydrogen (secondary N) is 1. The van der Waals surface area contributed by atoms with Crippen molar-refractivity contribution in [2.45, 2.75) is 32.9 Å². The van der Waals surface area contributed by atoms with Crippen LogP contribution in [0.15, 0.2) is 30.6 Å². The molecule has 0 unspecified atom stereocenters. The lowest BCUT2D eigenvalue weighted by atomic mass is 10.0. The predicted molar refractivity (Wildman–Crippen MR) is 90.0 cm³/mol. The summed E-state index contributed by atoms with van der Waals surface area (Å²) in [6.07, 6.45) is 3.53. The van der Waals surface area contributed by atoms with Crippen LogP contribution in [0.2, 0.25) is 0 Å². The highest BCUT2D eigenvalue weighted by atomic mass is 16.5. The van der Waals surface area contributed by atoms with Crippen LogP contribution in [0.3, 0.4) is 0 Å². The molecule has 0 spiro atoms. The summed E-state index contributed by atoms with van der Waals surface area (Å²) >= 11 is 0. The molecule has 1 N–H and O–H groups in total. The molecule has 0 fully saturated rings. The van der Waals surface area contributed by atoms with E-state index in [0.717, 1.165) is 5.56 Å². The van der Waals surface area contributed by atoms with Crippen LogP contribution in [0.4, 0.5) is 0 Å². The lowest BCUT2D eigenvalue weighted by molar-refractivity contribution is -0.121. The third kappa shape index (κ3) is 4.71. The Morgan fingerprint density at radius 1 is 1.17 bits per heavy atom. The van der Waals surface area contributed by atoms with Gasteiger partial charge in [0.05, 0.1) is 45.6 Å². The Bertz CT molecular complexity index is 656. The summed E-state index contributed by atoms with van der Waals surface area (Å²) in [7, 11) is 3.16. The van der Waals surface area contributed by atoms with Gasteiger partial charge in [-0.3, -0.25) is 4.79 Å². The molecule has 7 nitrogen and oxygen atoms in total. The van der Waals surface area contributed by atoms with E-state index < -0.39 is 0 Å². The van der Waals surface area contributed by atoms with E-state index in [9.17, 15) is 4.79 Å². The van der Waals surface area contributed by atoms with E-state index in [1.165, 1.54) is 0 Å². The standard InChI is InChI=1S/C17H24N4O3/c1-12(2)14(11-21-18-7-8-19-21)20-17(22)10-13-5-6-15(23-3)16(9-13)24-4/h5-9,12,14H,10-11H2,1-4H3,(H,20,22)/t14-/m0/s1. The van der Waals surface area contributed by atoms with Crippen molar-refractivity contribution >= 4 is 5.91 Å². The number of hydrogen-bond acceptors (Lipinski definition) is 5. The molecule has 2 aromatic rings. The van der Waals surface area contributed by atoms with Gasteiger partial charge in [-0.1, -0.05) is 19.9 Å². The molecule has 2 rings (SSSR count). The molecule has 0 saturated carbocycles. The van der Waals surface area contributed by atoms with Crippen LogP contribution in [0.5, 0.6) is 11.5 Å². The maximum absolute atomic E-state index is 12.4. The van der Waals surface area contributed by atoms with Crippen molar-refractivity contribution in [2.24, 2.45) is 5.92 Å². The van der Waals surface area contributed by atoms with Gasteiger partial charge in [0.25, 0.3) is 0 Å². The second-order valence-electron chi connectivity index (χ2n) is 5.87. The molecule has 1 heterocycles. The highest BCUT2D eigenvalue weighted by Gasteiger charge is 2.18. The Morgan fingerprint density at radius 3 is 2.42 bits per heavy atom. The highest BCUT2D eigenvalue weighted by Crippen LogP contribution is 2.27. The second kappa shape index (κ2) is 8.33. The Labute approximate surface area is 142 Å². The van der Waals surface area contributed by atoms with Gasteiger partial charge in [0.15, 0.2) is 11.5 Å². The Morgan fingerprint density at radius 2 is 1.83 bits per heavy atom. The van der Waals surface area contributed by atoms with E-state index >= 15 is 0 Å². The van der Waals surface area contributed by atoms with Crippen LogP contribution in [0.1, 0.15) is 19.4 Å². The third-order valence-corrected chi connectivity index (χ3v) is 3.79. The average molecular weight is 332 g/mol. The Hall–Kier alpha value is -2.57. The van der Waals surface area contributed by atoms with Crippen LogP contribution in [0, 0.1) is 5.92 Å². The summed E-state index contributed by atoms with van der Waals surface area (Å²) in [5, 5.41) is 11.2. The number of nitrogens with zero attached hydrogens (tertiary/aromatic N) is 3. The Balaban J connectivity index is 2.00. The van der Waals surface area contributed by atoms with Crippen molar-refractivity contribution in [1.82, 2.24) is 20.3 Å². The fourth-order valence-electron chi connectivity index (χ4n) is 2.37. The number of carbonyl (C=O) groups excluding carboxylic acids is 1. The summed E-state index contributed by atoms with van der Waals surface area (Å²) in [5.74, 6) is 1.48. The van der Waals surface area contributed by atoms with E-state index in [4.69, 9.17) is 9.47 Å². The first-order valence-corrected chi connectivity index (χ1v) is 7.87. The van der Waals surface area contributed by atoms with Crippen molar-refractivity contribution in [3.63, 3.8) is 0 Å². The van der Waals surface area contributed by atoms with Gasteiger partial charge in [0.1, 0.15) is 0 Å². The van der Waals surface area contributed by atoms with Crippen molar-refractivity contribution in [3.05, 3.63) is 36.2 Å². The molecule has 0 saturated heterocycles. The molecule has 0 bridgehead atoms. The largest absolute Gasteiger partial charge is 0.493 e. The summed E-state index contributed by atoms with van der Waals surface area (Å²) in [4.78, 5) is 14.0. The molecule has 0 aliphatic rings. The number of rotatable bonds is 8. The van der Waals surface area contributed by atoms with Crippen molar-refractivity contribution in [1.29, 1.82) is 0 Å². The molecule has 1 aromatic heterocycles. The predicted octanol–water partition coefficient (Wildman–Crippen LogP) is 1.68. The molecular weight excluding hydrogens is 308 g/mol. The SMILES string of the molecule is COc1ccc(CC(=O)N[C@@H](Cn2nccn2)C(C)C)cc1OC. The number of methoxy groups -OCH3 is 2. The number of benzene rings is 1. The van der Waals surface area contributed by atoms with Crippen molar-refractivity contribution in [3.8, 4) is 11.5 Å². The molecular formula is C17H24N4O3. The van der Waals surface area contributed by atoms with Gasteiger partial charge in [0.2, 0.25) is 5.91 Å². The molecule has 7 heteroatoms. The zero-order valence-electron chi connectivity index (χ0n) is 14.5. The summed E-state index contributed by atoms with van der Waals surface area (Å²) in [6.45, 7) is 4.66. The topological polar surface area (TPSA) is 78.3 Å². The average Bonchev–Trinajstić information content (AvgIpc) is 3.07. The molecule has 130 valence electrons. The smallest absolute Gasteiger partial charge is 0.224 e. The van der Waals surface area contributed by atoms with Crippen LogP contribution >= 0.6 is 0 Å². The maximum Gasteiger partial charge on any atom is 0.224 e. The molecule has 0 aliphatic heterocycles. The van der Waals surface area contributed by atoms with Gasteiger partial charge >= 0.3 is 0 Å². The molecule has 1 atom stereocenters. The highest BCUT2D eigenvalue weighted by molar-refractivity contribution is 5.79. The second-order valence-corrected chi connectivity index (χ2v) is 5.87. The van der Waals surface area contributed by atoms with Gasteiger partial charge < -0.3 is 14.8 Å². The normalized spacial score (nSPS) is 12.0. The van der Waals surface area contributed by atoms with Gasteiger partial charge in [-0.2, -0.15) is 15.0 Å². The van der Waals surface area contributed by atoms with E-state index in [2.05, 4.69) is 29.4 Å². The molecule has 1 aromatic carbocycles. The van der Waals surface area contributed by atoms with Crippen molar-refractivity contribution < 1.29 is 14.3 Å². The molecule has 1 amide bonds. The molecule has 0 aliphatic carbocycles. The first-order valence-electron chi connectivity index (χ1n) is 7.87. The summed E-state index contributed by atoms with van der Waals surface area (Å²) in [6, 6.07) is 5.44. The van der Waals surface area contributed by atoms with Gasteiger partial charge in [-0.05, 0) is 23.6 Å². The quantitative estimate of drug-likeness (QED) is 0.796. The fraction of sp³-hybridized carbons (Fsp3) is 0.471. The van der Waals surface area contributed by atoms with E-state index in [-0.39, 0.29) is 24.3 Å². The number of aromatic nitrogens is 3. The minimum Gasteiger partial charge on any atom is -0.493 e. The number of carbonyl (C=O) groups is 1. The van der Waals surface area contributed by atoms with Crippen LogP contribution in [-0.2, 0) is 17.8 Å².